The Morgan fingerprint density at radius 2 is 2.08 bits per heavy atom. The number of aromatic amines is 1. The van der Waals surface area contributed by atoms with Gasteiger partial charge >= 0.3 is 12.1 Å². The van der Waals surface area contributed by atoms with Crippen molar-refractivity contribution in [3.63, 3.8) is 0 Å². The van der Waals surface area contributed by atoms with Crippen LogP contribution in [0.4, 0.5) is 18.9 Å². The molecule has 0 aliphatic heterocycles. The maximum Gasteiger partial charge on any atom is 0.405 e. The molecule has 0 bridgehead atoms. The molecule has 3 N–H and O–H groups in total. The number of carbonyl (C=O) groups is 1. The molecule has 0 spiro atoms. The van der Waals surface area contributed by atoms with Gasteiger partial charge in [-0.05, 0) is 18.6 Å². The van der Waals surface area contributed by atoms with Crippen molar-refractivity contribution in [2.45, 2.75) is 13.1 Å². The summed E-state index contributed by atoms with van der Waals surface area (Å²) in [4.78, 5) is 22.2. The van der Waals surface area contributed by atoms with Gasteiger partial charge in [-0.3, -0.25) is 0 Å². The predicted molar refractivity (Wildman–Crippen MR) is 85.6 cm³/mol. The molecule has 1 aromatic carbocycles. The second-order valence-corrected chi connectivity index (χ2v) is 5.45. The van der Waals surface area contributed by atoms with Crippen molar-refractivity contribution in [2.75, 3.05) is 11.9 Å². The Bertz CT molecular complexity index is 950. The molecule has 0 saturated heterocycles. The average Bonchev–Trinajstić information content (AvgIpc) is 2.97. The lowest BCUT2D eigenvalue weighted by Crippen LogP contribution is -2.21. The summed E-state index contributed by atoms with van der Waals surface area (Å²) in [6.07, 6.45) is -1.77. The van der Waals surface area contributed by atoms with Gasteiger partial charge in [-0.1, -0.05) is 12.1 Å². The van der Waals surface area contributed by atoms with Gasteiger partial charge in [0, 0.05) is 17.4 Å². The maximum absolute atomic E-state index is 12.5. The van der Waals surface area contributed by atoms with Gasteiger partial charge in [-0.25, -0.2) is 14.8 Å². The van der Waals surface area contributed by atoms with Crippen molar-refractivity contribution in [1.82, 2.24) is 15.0 Å². The van der Waals surface area contributed by atoms with Gasteiger partial charge in [0.2, 0.25) is 0 Å². The summed E-state index contributed by atoms with van der Waals surface area (Å²) in [5, 5.41) is 12.0. The van der Waals surface area contributed by atoms with E-state index >= 15 is 0 Å². The van der Waals surface area contributed by atoms with Gasteiger partial charge in [0.15, 0.2) is 0 Å². The van der Waals surface area contributed by atoms with Crippen LogP contribution in [-0.4, -0.2) is 38.7 Å². The molecule has 0 amide bonds. The highest BCUT2D eigenvalue weighted by molar-refractivity contribution is 6.07. The Morgan fingerprint density at radius 3 is 2.76 bits per heavy atom. The normalized spacial score (nSPS) is 11.7. The molecule has 0 aliphatic rings. The van der Waals surface area contributed by atoms with E-state index in [9.17, 15) is 23.1 Å². The van der Waals surface area contributed by atoms with E-state index < -0.39 is 18.7 Å². The third kappa shape index (κ3) is 3.39. The van der Waals surface area contributed by atoms with Crippen LogP contribution in [0.15, 0.2) is 30.7 Å². The number of fused-ring (bicyclic) bond motifs is 1. The van der Waals surface area contributed by atoms with Crippen molar-refractivity contribution >= 4 is 22.7 Å². The molecule has 0 unspecified atom stereocenters. The van der Waals surface area contributed by atoms with Crippen LogP contribution in [0, 0.1) is 6.92 Å². The molecular formula is C16H13F3N4O2. The quantitative estimate of drug-likeness (QED) is 0.669. The number of aromatic carboxylic acids is 1. The summed E-state index contributed by atoms with van der Waals surface area (Å²) in [5.41, 5.74) is 2.09. The molecule has 9 heteroatoms. The third-order valence-corrected chi connectivity index (χ3v) is 3.69. The molecule has 6 nitrogen and oxygen atoms in total. The summed E-state index contributed by atoms with van der Waals surface area (Å²) in [7, 11) is 0. The highest BCUT2D eigenvalue weighted by atomic mass is 19.4. The number of alkyl halides is 3. The Morgan fingerprint density at radius 1 is 1.32 bits per heavy atom. The van der Waals surface area contributed by atoms with Gasteiger partial charge in [0.1, 0.15) is 18.5 Å². The minimum Gasteiger partial charge on any atom is -0.478 e. The van der Waals surface area contributed by atoms with Crippen LogP contribution in [-0.2, 0) is 0 Å². The Hall–Kier alpha value is -3.10. The maximum atomic E-state index is 12.5. The standard InChI is InChI=1S/C16H13F3N4O2/c1-8-2-3-9(4-11(8)21-6-16(17,18)19)13-12-10(15(24)25)5-20-14(12)23-7-22-13/h2-5,7,21H,6H2,1H3,(H,24,25)(H,20,22,23). The fraction of sp³-hybridized carbons (Fsp3) is 0.188. The number of hydrogen-bond acceptors (Lipinski definition) is 4. The van der Waals surface area contributed by atoms with E-state index in [-0.39, 0.29) is 5.56 Å². The number of rotatable bonds is 4. The molecule has 0 atom stereocenters. The van der Waals surface area contributed by atoms with Crippen LogP contribution in [0.25, 0.3) is 22.3 Å². The fourth-order valence-corrected chi connectivity index (χ4v) is 2.51. The zero-order valence-electron chi connectivity index (χ0n) is 13.0. The minimum atomic E-state index is -4.35. The van der Waals surface area contributed by atoms with E-state index in [1.165, 1.54) is 18.6 Å². The van der Waals surface area contributed by atoms with E-state index in [0.29, 0.717) is 33.5 Å². The zero-order chi connectivity index (χ0) is 18.2. The lowest BCUT2D eigenvalue weighted by atomic mass is 10.0. The summed E-state index contributed by atoms with van der Waals surface area (Å²) in [5.74, 6) is -1.15. The van der Waals surface area contributed by atoms with Crippen molar-refractivity contribution in [3.8, 4) is 11.3 Å². The Balaban J connectivity index is 2.09. The zero-order valence-corrected chi connectivity index (χ0v) is 13.0. The van der Waals surface area contributed by atoms with Crippen LogP contribution >= 0.6 is 0 Å². The lowest BCUT2D eigenvalue weighted by molar-refractivity contribution is -0.115. The number of hydrogen-bond donors (Lipinski definition) is 3. The molecule has 130 valence electrons. The van der Waals surface area contributed by atoms with Gasteiger partial charge in [0.05, 0.1) is 16.6 Å². The second-order valence-electron chi connectivity index (χ2n) is 5.45. The summed E-state index contributed by atoms with van der Waals surface area (Å²) in [6.45, 7) is 0.512. The summed E-state index contributed by atoms with van der Waals surface area (Å²) < 4.78 is 37.4. The Kier molecular flexibility index (Phi) is 4.07. The van der Waals surface area contributed by atoms with Crippen molar-refractivity contribution in [2.24, 2.45) is 0 Å². The van der Waals surface area contributed by atoms with E-state index in [2.05, 4.69) is 20.3 Å². The Labute approximate surface area is 139 Å². The first-order valence-corrected chi connectivity index (χ1v) is 7.23. The molecule has 0 saturated carbocycles. The van der Waals surface area contributed by atoms with Crippen molar-refractivity contribution in [3.05, 3.63) is 41.9 Å². The second kappa shape index (κ2) is 6.08. The minimum absolute atomic E-state index is 0.00373. The largest absolute Gasteiger partial charge is 0.478 e. The third-order valence-electron chi connectivity index (χ3n) is 3.69. The number of H-pyrrole nitrogens is 1. The summed E-state index contributed by atoms with van der Waals surface area (Å²) >= 11 is 0. The molecule has 0 fully saturated rings. The van der Waals surface area contributed by atoms with E-state index in [4.69, 9.17) is 0 Å². The molecular weight excluding hydrogens is 337 g/mol. The van der Waals surface area contributed by atoms with Crippen LogP contribution < -0.4 is 5.32 Å². The van der Waals surface area contributed by atoms with Crippen LogP contribution in [0.3, 0.4) is 0 Å². The highest BCUT2D eigenvalue weighted by Gasteiger charge is 2.27. The number of aromatic nitrogens is 3. The number of nitrogens with one attached hydrogen (secondary N) is 2. The number of halogens is 3. The number of carboxylic acids is 1. The molecule has 0 radical (unpaired) electrons. The first-order valence-electron chi connectivity index (χ1n) is 7.23. The molecule has 3 rings (SSSR count). The number of anilines is 1. The first kappa shape index (κ1) is 16.7. The van der Waals surface area contributed by atoms with Crippen LogP contribution in [0.1, 0.15) is 15.9 Å². The number of carboxylic acid groups (broad SMARTS) is 1. The molecule has 2 aromatic heterocycles. The smallest absolute Gasteiger partial charge is 0.405 e. The molecule has 2 heterocycles. The van der Waals surface area contributed by atoms with Crippen LogP contribution in [0.2, 0.25) is 0 Å². The van der Waals surface area contributed by atoms with Crippen molar-refractivity contribution < 1.29 is 23.1 Å². The van der Waals surface area contributed by atoms with Gasteiger partial charge < -0.3 is 15.4 Å². The molecule has 0 aliphatic carbocycles. The van der Waals surface area contributed by atoms with E-state index in [1.807, 2.05) is 0 Å². The number of benzene rings is 1. The van der Waals surface area contributed by atoms with Gasteiger partial charge in [0.25, 0.3) is 0 Å². The average molecular weight is 350 g/mol. The highest BCUT2D eigenvalue weighted by Crippen LogP contribution is 2.31. The number of aryl methyl sites for hydroxylation is 1. The lowest BCUT2D eigenvalue weighted by Gasteiger charge is -2.13. The predicted octanol–water partition coefficient (Wildman–Crippen LogP) is 3.61. The van der Waals surface area contributed by atoms with Gasteiger partial charge in [-0.15, -0.1) is 0 Å². The van der Waals surface area contributed by atoms with Crippen LogP contribution in [0.5, 0.6) is 0 Å². The van der Waals surface area contributed by atoms with Crippen molar-refractivity contribution in [1.29, 1.82) is 0 Å². The SMILES string of the molecule is Cc1ccc(-c2ncnc3[nH]cc(C(=O)O)c23)cc1NCC(F)(F)F. The van der Waals surface area contributed by atoms with E-state index in [1.54, 1.807) is 19.1 Å². The molecule has 3 aromatic rings. The molecule has 25 heavy (non-hydrogen) atoms. The van der Waals surface area contributed by atoms with Gasteiger partial charge in [-0.2, -0.15) is 13.2 Å². The number of nitrogens with zero attached hydrogens (tertiary/aromatic N) is 2. The summed E-state index contributed by atoms with van der Waals surface area (Å²) in [6, 6.07) is 4.84. The monoisotopic (exact) mass is 350 g/mol. The first-order chi connectivity index (χ1) is 11.8. The topological polar surface area (TPSA) is 90.9 Å². The van der Waals surface area contributed by atoms with E-state index in [0.717, 1.165) is 0 Å². The fourth-order valence-electron chi connectivity index (χ4n) is 2.51.